The van der Waals surface area contributed by atoms with Crippen LogP contribution in [-0.4, -0.2) is 27.6 Å². The molecule has 0 bridgehead atoms. The predicted octanol–water partition coefficient (Wildman–Crippen LogP) is 2.99. The van der Waals surface area contributed by atoms with Crippen LogP contribution in [0.15, 0.2) is 12.1 Å². The fourth-order valence-corrected chi connectivity index (χ4v) is 3.58. The van der Waals surface area contributed by atoms with Crippen LogP contribution in [0.3, 0.4) is 0 Å². The van der Waals surface area contributed by atoms with Gasteiger partial charge in [-0.1, -0.05) is 17.7 Å². The van der Waals surface area contributed by atoms with Crippen LogP contribution in [0, 0.1) is 6.92 Å². The third-order valence-corrected chi connectivity index (χ3v) is 6.88. The molecule has 26 heavy (non-hydrogen) atoms. The third kappa shape index (κ3) is 4.23. The molecule has 1 aromatic carbocycles. The van der Waals surface area contributed by atoms with Crippen molar-refractivity contribution in [2.75, 3.05) is 5.73 Å². The van der Waals surface area contributed by atoms with Gasteiger partial charge in [0, 0.05) is 22.5 Å². The molecule has 0 aromatic heterocycles. The van der Waals surface area contributed by atoms with Crippen molar-refractivity contribution in [3.05, 3.63) is 23.3 Å². The maximum atomic E-state index is 12.5. The van der Waals surface area contributed by atoms with E-state index in [2.05, 4.69) is 4.72 Å². The Morgan fingerprint density at radius 3 is 2.12 bits per heavy atom. The predicted molar refractivity (Wildman–Crippen MR) is 111 cm³/mol. The average Bonchev–Trinajstić information content (AvgIpc) is 2.68. The Morgan fingerprint density at radius 1 is 1.15 bits per heavy atom. The summed E-state index contributed by atoms with van der Waals surface area (Å²) >= 11 is -1.18. The van der Waals surface area contributed by atoms with Gasteiger partial charge in [0.2, 0.25) is 0 Å². The lowest BCUT2D eigenvalue weighted by molar-refractivity contribution is 0.00578. The zero-order chi connectivity index (χ0) is 20.1. The summed E-state index contributed by atoms with van der Waals surface area (Å²) in [5.41, 5.74) is 9.07. The maximum absolute atomic E-state index is 12.5. The molecule has 1 aromatic rings. The number of benzene rings is 1. The van der Waals surface area contributed by atoms with Gasteiger partial charge in [0.25, 0.3) is 0 Å². The van der Waals surface area contributed by atoms with Crippen LogP contribution in [-0.2, 0) is 20.7 Å². The van der Waals surface area contributed by atoms with Crippen LogP contribution >= 0.6 is 0 Å². The van der Waals surface area contributed by atoms with E-state index in [-0.39, 0.29) is 10.8 Å². The first-order chi connectivity index (χ1) is 11.7. The van der Waals surface area contributed by atoms with Crippen molar-refractivity contribution in [1.29, 1.82) is 0 Å². The van der Waals surface area contributed by atoms with E-state index in [1.807, 2.05) is 74.4 Å². The van der Waals surface area contributed by atoms with Gasteiger partial charge < -0.3 is 19.6 Å². The molecule has 0 amide bonds. The fraction of sp³-hybridized carbons (Fsp3) is 0.684. The van der Waals surface area contributed by atoms with Crippen molar-refractivity contribution >= 4 is 29.6 Å². The second kappa shape index (κ2) is 7.02. The fourth-order valence-electron chi connectivity index (χ4n) is 2.78. The molecule has 1 aliphatic rings. The van der Waals surface area contributed by atoms with E-state index in [4.69, 9.17) is 15.0 Å². The Hall–Kier alpha value is -0.725. The summed E-state index contributed by atoms with van der Waals surface area (Å²) in [6.07, 6.45) is 0. The molecular formula is C19H33BN2O3S. The molecule has 0 saturated carbocycles. The van der Waals surface area contributed by atoms with Crippen LogP contribution in [0.2, 0.25) is 0 Å². The van der Waals surface area contributed by atoms with Gasteiger partial charge >= 0.3 is 7.12 Å². The molecule has 0 unspecified atom stereocenters. The molecule has 0 aliphatic carbocycles. The molecule has 1 fully saturated rings. The summed E-state index contributed by atoms with van der Waals surface area (Å²) in [4.78, 5) is 0. The minimum atomic E-state index is -1.18. The summed E-state index contributed by atoms with van der Waals surface area (Å²) in [6, 6.07) is 3.88. The van der Waals surface area contributed by atoms with Gasteiger partial charge in [-0.15, -0.1) is 4.72 Å². The first kappa shape index (κ1) is 21.6. The summed E-state index contributed by atoms with van der Waals surface area (Å²) in [6.45, 7) is 17.9. The lowest BCUT2D eigenvalue weighted by Gasteiger charge is -2.32. The lowest BCUT2D eigenvalue weighted by Crippen LogP contribution is -2.42. The first-order valence-electron chi connectivity index (χ1n) is 9.09. The summed E-state index contributed by atoms with van der Waals surface area (Å²) < 4.78 is 27.6. The van der Waals surface area contributed by atoms with Crippen molar-refractivity contribution in [2.24, 2.45) is 0 Å². The third-order valence-electron chi connectivity index (χ3n) is 5.20. The van der Waals surface area contributed by atoms with E-state index in [1.165, 1.54) is 0 Å². The summed E-state index contributed by atoms with van der Waals surface area (Å²) in [5, 5.41) is 0. The Morgan fingerprint density at radius 2 is 1.65 bits per heavy atom. The Kier molecular flexibility index (Phi) is 5.83. The topological polar surface area (TPSA) is 79.6 Å². The summed E-state index contributed by atoms with van der Waals surface area (Å²) in [5.74, 6) is 0. The van der Waals surface area contributed by atoms with Crippen molar-refractivity contribution in [3.63, 3.8) is 0 Å². The largest absolute Gasteiger partial charge is 0.598 e. The number of hydrogen-bond acceptors (Lipinski definition) is 5. The molecule has 2 rings (SSSR count). The molecular weight excluding hydrogens is 347 g/mol. The summed E-state index contributed by atoms with van der Waals surface area (Å²) in [7, 11) is -0.515. The normalized spacial score (nSPS) is 21.7. The van der Waals surface area contributed by atoms with E-state index in [0.29, 0.717) is 5.69 Å². The maximum Gasteiger partial charge on any atom is 0.496 e. The number of rotatable bonds is 4. The zero-order valence-electron chi connectivity index (χ0n) is 17.5. The first-order valence-corrected chi connectivity index (χ1v) is 10.2. The Bertz CT molecular complexity index is 657. The smallest absolute Gasteiger partial charge is 0.496 e. The van der Waals surface area contributed by atoms with Gasteiger partial charge in [0.15, 0.2) is 0 Å². The minimum absolute atomic E-state index is 0.156. The minimum Gasteiger partial charge on any atom is -0.598 e. The molecule has 0 radical (unpaired) electrons. The number of nitrogen functional groups attached to an aromatic ring is 1. The van der Waals surface area contributed by atoms with Crippen molar-refractivity contribution in [2.45, 2.75) is 84.3 Å². The number of aryl methyl sites for hydroxylation is 1. The SMILES string of the molecule is Cc1cc(B2OC(C)(C)C(C)(C)O2)c(N)c([C@@H](C)N[S@+]([O-])C(C)(C)C)c1. The van der Waals surface area contributed by atoms with Gasteiger partial charge in [0.05, 0.1) is 17.2 Å². The van der Waals surface area contributed by atoms with Crippen LogP contribution in [0.1, 0.15) is 72.6 Å². The lowest BCUT2D eigenvalue weighted by atomic mass is 9.75. The molecule has 146 valence electrons. The van der Waals surface area contributed by atoms with Crippen LogP contribution in [0.4, 0.5) is 5.69 Å². The number of anilines is 1. The van der Waals surface area contributed by atoms with Gasteiger partial charge in [0.1, 0.15) is 4.75 Å². The molecule has 1 saturated heterocycles. The Balaban J connectivity index is 2.35. The second-order valence-corrected chi connectivity index (χ2v) is 11.2. The van der Waals surface area contributed by atoms with E-state index >= 15 is 0 Å². The highest BCUT2D eigenvalue weighted by atomic mass is 32.2. The highest BCUT2D eigenvalue weighted by Gasteiger charge is 2.52. The van der Waals surface area contributed by atoms with Crippen molar-refractivity contribution < 1.29 is 13.9 Å². The van der Waals surface area contributed by atoms with E-state index in [1.54, 1.807) is 0 Å². The monoisotopic (exact) mass is 380 g/mol. The second-order valence-electron chi connectivity index (χ2n) is 9.17. The standard InChI is InChI=1S/C19H33BN2O3S/c1-12-10-14(13(2)22-26(23)17(3,4)5)16(21)15(11-12)20-24-18(6,7)19(8,9)25-20/h10-11,13,22H,21H2,1-9H3/t13-,26-/m1/s1. The highest BCUT2D eigenvalue weighted by molar-refractivity contribution is 7.90. The van der Waals surface area contributed by atoms with Gasteiger partial charge in [-0.2, -0.15) is 0 Å². The van der Waals surface area contributed by atoms with Gasteiger partial charge in [-0.3, -0.25) is 0 Å². The molecule has 1 aliphatic heterocycles. The molecule has 2 atom stereocenters. The van der Waals surface area contributed by atoms with E-state index in [0.717, 1.165) is 16.6 Å². The molecule has 5 nitrogen and oxygen atoms in total. The van der Waals surface area contributed by atoms with Crippen LogP contribution in [0.5, 0.6) is 0 Å². The van der Waals surface area contributed by atoms with Crippen LogP contribution in [0.25, 0.3) is 0 Å². The zero-order valence-corrected chi connectivity index (χ0v) is 18.3. The van der Waals surface area contributed by atoms with Gasteiger partial charge in [-0.25, -0.2) is 0 Å². The van der Waals surface area contributed by atoms with Crippen LogP contribution < -0.4 is 15.9 Å². The van der Waals surface area contributed by atoms with Crippen molar-refractivity contribution in [1.82, 2.24) is 4.72 Å². The van der Waals surface area contributed by atoms with Crippen molar-refractivity contribution in [3.8, 4) is 0 Å². The Labute approximate surface area is 161 Å². The quantitative estimate of drug-likeness (QED) is 0.477. The number of nitrogens with two attached hydrogens (primary N) is 1. The number of hydrogen-bond donors (Lipinski definition) is 2. The number of nitrogens with one attached hydrogen (secondary N) is 1. The van der Waals surface area contributed by atoms with Gasteiger partial charge in [-0.05, 0) is 67.9 Å². The molecule has 7 heteroatoms. The molecule has 0 spiro atoms. The van der Waals surface area contributed by atoms with E-state index in [9.17, 15) is 4.55 Å². The molecule has 3 N–H and O–H groups in total. The average molecular weight is 380 g/mol. The highest BCUT2D eigenvalue weighted by Crippen LogP contribution is 2.37. The molecule has 1 heterocycles. The van der Waals surface area contributed by atoms with E-state index < -0.39 is 29.7 Å².